The van der Waals surface area contributed by atoms with E-state index in [-0.39, 0.29) is 11.3 Å². The number of aromatic nitrogens is 1. The molecule has 1 aromatic heterocycles. The van der Waals surface area contributed by atoms with E-state index in [2.05, 4.69) is 15.6 Å². The van der Waals surface area contributed by atoms with Crippen molar-refractivity contribution >= 4 is 28.9 Å². The van der Waals surface area contributed by atoms with Crippen LogP contribution in [0.15, 0.2) is 60.8 Å². The molecule has 0 aliphatic heterocycles. The van der Waals surface area contributed by atoms with E-state index in [0.717, 1.165) is 22.5 Å². The van der Waals surface area contributed by atoms with Gasteiger partial charge in [-0.15, -0.1) is 0 Å². The van der Waals surface area contributed by atoms with Crippen molar-refractivity contribution in [2.24, 2.45) is 0 Å². The highest BCUT2D eigenvalue weighted by molar-refractivity contribution is 6.07. The first-order valence-electron chi connectivity index (χ1n) is 8.77. The fraction of sp³-hybridized carbons (Fsp3) is 0.136. The van der Waals surface area contributed by atoms with E-state index < -0.39 is 11.9 Å². The molecule has 3 aromatic rings. The first-order valence-corrected chi connectivity index (χ1v) is 8.77. The molecule has 6 heteroatoms. The number of carbonyl (C=O) groups excluding carboxylic acids is 2. The van der Waals surface area contributed by atoms with E-state index in [9.17, 15) is 9.59 Å². The number of ether oxygens (including phenoxy) is 1. The number of nitrogens with zero attached hydrogens (tertiary/aromatic N) is 1. The third-order valence-corrected chi connectivity index (χ3v) is 4.25. The van der Waals surface area contributed by atoms with Crippen LogP contribution in [0.25, 0.3) is 0 Å². The molecule has 0 unspecified atom stereocenters. The number of nitrogens with one attached hydrogen (secondary N) is 2. The molecule has 6 nitrogen and oxygen atoms in total. The molecule has 1 heterocycles. The summed E-state index contributed by atoms with van der Waals surface area (Å²) in [7, 11) is 1.30. The van der Waals surface area contributed by atoms with E-state index in [1.807, 2.05) is 32.0 Å². The number of hydrogen-bond donors (Lipinski definition) is 2. The molecule has 0 atom stereocenters. The summed E-state index contributed by atoms with van der Waals surface area (Å²) in [5.41, 5.74) is 4.83. The summed E-state index contributed by atoms with van der Waals surface area (Å²) >= 11 is 0. The highest BCUT2D eigenvalue weighted by Gasteiger charge is 2.15. The number of methoxy groups -OCH3 is 1. The van der Waals surface area contributed by atoms with Crippen LogP contribution in [0.4, 0.5) is 17.1 Å². The van der Waals surface area contributed by atoms with Gasteiger partial charge in [0.2, 0.25) is 0 Å². The zero-order chi connectivity index (χ0) is 20.1. The van der Waals surface area contributed by atoms with Crippen LogP contribution in [0.5, 0.6) is 0 Å². The van der Waals surface area contributed by atoms with Crippen LogP contribution in [0.1, 0.15) is 32.0 Å². The Bertz CT molecular complexity index is 1030. The summed E-state index contributed by atoms with van der Waals surface area (Å²) in [6.45, 7) is 4.04. The predicted octanol–water partition coefficient (Wildman–Crippen LogP) is 4.48. The van der Waals surface area contributed by atoms with Crippen LogP contribution in [0, 0.1) is 13.8 Å². The van der Waals surface area contributed by atoms with Gasteiger partial charge in [-0.3, -0.25) is 9.78 Å². The van der Waals surface area contributed by atoms with E-state index in [0.29, 0.717) is 5.69 Å². The van der Waals surface area contributed by atoms with Gasteiger partial charge in [-0.05, 0) is 55.3 Å². The number of aryl methyl sites for hydroxylation is 2. The van der Waals surface area contributed by atoms with Crippen molar-refractivity contribution in [2.45, 2.75) is 13.8 Å². The topological polar surface area (TPSA) is 80.3 Å². The molecule has 142 valence electrons. The van der Waals surface area contributed by atoms with Crippen molar-refractivity contribution in [3.63, 3.8) is 0 Å². The number of amides is 1. The maximum Gasteiger partial charge on any atom is 0.339 e. The van der Waals surface area contributed by atoms with E-state index in [1.165, 1.54) is 7.11 Å². The summed E-state index contributed by atoms with van der Waals surface area (Å²) < 4.78 is 4.75. The fourth-order valence-corrected chi connectivity index (χ4v) is 2.72. The van der Waals surface area contributed by atoms with Gasteiger partial charge in [0, 0.05) is 17.6 Å². The van der Waals surface area contributed by atoms with Crippen LogP contribution in [0.2, 0.25) is 0 Å². The van der Waals surface area contributed by atoms with Crippen molar-refractivity contribution in [3.05, 3.63) is 83.2 Å². The number of rotatable bonds is 5. The minimum atomic E-state index is -0.519. The predicted molar refractivity (Wildman–Crippen MR) is 109 cm³/mol. The molecule has 0 spiro atoms. The standard InChI is InChI=1S/C22H21N3O3/c1-14-8-9-15(2)19(12-14)24-16-10-11-23-20(13-16)21(26)25-18-7-5-4-6-17(18)22(27)28-3/h4-13H,1-3H3,(H,23,24)(H,25,26). The molecule has 1 amide bonds. The Morgan fingerprint density at radius 1 is 0.964 bits per heavy atom. The Hall–Kier alpha value is -3.67. The number of carbonyl (C=O) groups is 2. The highest BCUT2D eigenvalue weighted by atomic mass is 16.5. The lowest BCUT2D eigenvalue weighted by atomic mass is 10.1. The number of hydrogen-bond acceptors (Lipinski definition) is 5. The quantitative estimate of drug-likeness (QED) is 0.643. The zero-order valence-electron chi connectivity index (χ0n) is 15.9. The summed E-state index contributed by atoms with van der Waals surface area (Å²) in [6, 6.07) is 16.3. The molecule has 0 aliphatic carbocycles. The minimum absolute atomic E-state index is 0.231. The second kappa shape index (κ2) is 8.35. The fourth-order valence-electron chi connectivity index (χ4n) is 2.72. The van der Waals surface area contributed by atoms with E-state index in [4.69, 9.17) is 4.74 Å². The van der Waals surface area contributed by atoms with Crippen LogP contribution >= 0.6 is 0 Å². The van der Waals surface area contributed by atoms with Gasteiger partial charge in [-0.25, -0.2) is 4.79 Å². The average Bonchev–Trinajstić information content (AvgIpc) is 2.71. The van der Waals surface area contributed by atoms with Gasteiger partial charge in [0.15, 0.2) is 0 Å². The summed E-state index contributed by atoms with van der Waals surface area (Å²) in [4.78, 5) is 28.7. The molecular weight excluding hydrogens is 354 g/mol. The summed E-state index contributed by atoms with van der Waals surface area (Å²) in [5.74, 6) is -0.935. The van der Waals surface area contributed by atoms with Gasteiger partial charge in [0.1, 0.15) is 5.69 Å². The van der Waals surface area contributed by atoms with Crippen molar-refractivity contribution in [2.75, 3.05) is 17.7 Å². The Balaban J connectivity index is 1.82. The minimum Gasteiger partial charge on any atom is -0.465 e. The number of para-hydroxylation sites is 1. The average molecular weight is 375 g/mol. The number of esters is 1. The maximum absolute atomic E-state index is 12.6. The van der Waals surface area contributed by atoms with E-state index in [1.54, 1.807) is 42.6 Å². The molecule has 0 aliphatic rings. The molecule has 28 heavy (non-hydrogen) atoms. The first kappa shape index (κ1) is 19.1. The lowest BCUT2D eigenvalue weighted by Gasteiger charge is -2.12. The van der Waals surface area contributed by atoms with Crippen molar-refractivity contribution in [1.82, 2.24) is 4.98 Å². The van der Waals surface area contributed by atoms with Crippen LogP contribution in [0.3, 0.4) is 0 Å². The normalized spacial score (nSPS) is 10.2. The molecule has 2 aromatic carbocycles. The lowest BCUT2D eigenvalue weighted by molar-refractivity contribution is 0.0602. The molecule has 0 fully saturated rings. The van der Waals surface area contributed by atoms with Gasteiger partial charge in [0.05, 0.1) is 18.4 Å². The van der Waals surface area contributed by atoms with Crippen molar-refractivity contribution in [1.29, 1.82) is 0 Å². The van der Waals surface area contributed by atoms with Gasteiger partial charge < -0.3 is 15.4 Å². The van der Waals surface area contributed by atoms with Crippen molar-refractivity contribution < 1.29 is 14.3 Å². The maximum atomic E-state index is 12.6. The molecule has 3 rings (SSSR count). The smallest absolute Gasteiger partial charge is 0.339 e. The largest absolute Gasteiger partial charge is 0.465 e. The third-order valence-electron chi connectivity index (χ3n) is 4.25. The second-order valence-corrected chi connectivity index (χ2v) is 6.36. The molecular formula is C22H21N3O3. The monoisotopic (exact) mass is 375 g/mol. The van der Waals surface area contributed by atoms with E-state index >= 15 is 0 Å². The molecule has 2 N–H and O–H groups in total. The van der Waals surface area contributed by atoms with Crippen LogP contribution in [-0.2, 0) is 4.74 Å². The summed E-state index contributed by atoms with van der Waals surface area (Å²) in [5, 5.41) is 6.04. The lowest BCUT2D eigenvalue weighted by Crippen LogP contribution is -2.16. The Kier molecular flexibility index (Phi) is 5.69. The Morgan fingerprint density at radius 3 is 2.54 bits per heavy atom. The van der Waals surface area contributed by atoms with Crippen molar-refractivity contribution in [3.8, 4) is 0 Å². The third kappa shape index (κ3) is 4.35. The molecule has 0 saturated heterocycles. The van der Waals surface area contributed by atoms with Gasteiger partial charge in [-0.2, -0.15) is 0 Å². The summed E-state index contributed by atoms with van der Waals surface area (Å²) in [6.07, 6.45) is 1.56. The zero-order valence-corrected chi connectivity index (χ0v) is 15.9. The Morgan fingerprint density at radius 2 is 1.75 bits per heavy atom. The molecule has 0 radical (unpaired) electrons. The SMILES string of the molecule is COC(=O)c1ccccc1NC(=O)c1cc(Nc2cc(C)ccc2C)ccn1. The second-order valence-electron chi connectivity index (χ2n) is 6.36. The molecule has 0 bridgehead atoms. The number of benzene rings is 2. The van der Waals surface area contributed by atoms with Crippen LogP contribution < -0.4 is 10.6 Å². The Labute approximate surface area is 163 Å². The van der Waals surface area contributed by atoms with Gasteiger partial charge >= 0.3 is 5.97 Å². The van der Waals surface area contributed by atoms with Crippen LogP contribution in [-0.4, -0.2) is 24.0 Å². The first-order chi connectivity index (χ1) is 13.5. The van der Waals surface area contributed by atoms with Gasteiger partial charge in [-0.1, -0.05) is 24.3 Å². The number of pyridine rings is 1. The highest BCUT2D eigenvalue weighted by Crippen LogP contribution is 2.22. The number of anilines is 3. The van der Waals surface area contributed by atoms with Gasteiger partial charge in [0.25, 0.3) is 5.91 Å². The molecule has 0 saturated carbocycles.